The maximum atomic E-state index is 12.6. The van der Waals surface area contributed by atoms with Crippen molar-refractivity contribution in [3.8, 4) is 16.5 Å². The number of sulfonamides is 1. The average Bonchev–Trinajstić information content (AvgIpc) is 3.68. The van der Waals surface area contributed by atoms with E-state index in [1.54, 1.807) is 24.5 Å². The smallest absolute Gasteiger partial charge is 0.277 e. The maximum Gasteiger partial charge on any atom is 0.277 e. The largest absolute Gasteiger partial charge is 0.477 e. The summed E-state index contributed by atoms with van der Waals surface area (Å²) < 4.78 is 33.6. The van der Waals surface area contributed by atoms with E-state index in [-0.39, 0.29) is 22.2 Å². The third-order valence-corrected chi connectivity index (χ3v) is 10.1. The zero-order valence-corrected chi connectivity index (χ0v) is 23.7. The van der Waals surface area contributed by atoms with Crippen molar-refractivity contribution in [1.82, 2.24) is 24.8 Å². The normalized spacial score (nSPS) is 19.0. The quantitative estimate of drug-likeness (QED) is 0.352. The lowest BCUT2D eigenvalue weighted by atomic mass is 9.87. The summed E-state index contributed by atoms with van der Waals surface area (Å²) in [6, 6.07) is 3.67. The first-order valence-corrected chi connectivity index (χ1v) is 15.5. The van der Waals surface area contributed by atoms with Crippen LogP contribution in [0.5, 0.6) is 5.88 Å². The number of ether oxygens (including phenoxy) is 1. The lowest BCUT2D eigenvalue weighted by Crippen LogP contribution is -2.37. The van der Waals surface area contributed by atoms with Crippen LogP contribution < -0.4 is 15.2 Å². The van der Waals surface area contributed by atoms with Crippen LogP contribution in [0.25, 0.3) is 10.6 Å². The van der Waals surface area contributed by atoms with Crippen molar-refractivity contribution in [2.24, 2.45) is 5.73 Å². The van der Waals surface area contributed by atoms with E-state index in [0.29, 0.717) is 59.4 Å². The van der Waals surface area contributed by atoms with E-state index in [1.807, 2.05) is 6.92 Å². The molecule has 1 saturated heterocycles. The standard InChI is InChI=1S/C26H33N7O4S2/c1-3-37-22-15-28-14-21(30-22)24-23(31-26(38-24)25(27)34)19(13-17-6-4-5-11-33(17)2)20-12-16(9-10-29-20)32-39(35,36)18-7-8-18/h9-10,12,14-15,17-19H,3-8,11,13H2,1-2H3,(H2,27,34)(H,29,32)/t17-,19+/m0/s1. The molecule has 2 aliphatic rings. The number of carbonyl (C=O) groups excluding carboxylic acids is 1. The highest BCUT2D eigenvalue weighted by molar-refractivity contribution is 7.93. The summed E-state index contributed by atoms with van der Waals surface area (Å²) in [4.78, 5) is 33.5. The number of nitrogens with one attached hydrogen (secondary N) is 1. The number of hydrogen-bond donors (Lipinski definition) is 2. The molecule has 11 nitrogen and oxygen atoms in total. The van der Waals surface area contributed by atoms with E-state index in [2.05, 4.69) is 31.6 Å². The molecule has 0 unspecified atom stereocenters. The number of carbonyl (C=O) groups is 1. The lowest BCUT2D eigenvalue weighted by Gasteiger charge is -2.34. The summed E-state index contributed by atoms with van der Waals surface area (Å²) in [5.74, 6) is -0.611. The van der Waals surface area contributed by atoms with Crippen LogP contribution >= 0.6 is 11.3 Å². The highest BCUT2D eigenvalue weighted by Gasteiger charge is 2.36. The number of anilines is 1. The first-order chi connectivity index (χ1) is 18.7. The maximum absolute atomic E-state index is 12.6. The number of piperidine rings is 1. The molecule has 4 heterocycles. The molecule has 0 aromatic carbocycles. The summed E-state index contributed by atoms with van der Waals surface area (Å²) in [6.45, 7) is 3.29. The molecule has 2 atom stereocenters. The van der Waals surface area contributed by atoms with Gasteiger partial charge in [0, 0.05) is 18.2 Å². The Labute approximate surface area is 232 Å². The van der Waals surface area contributed by atoms with Gasteiger partial charge in [-0.3, -0.25) is 19.5 Å². The Morgan fingerprint density at radius 1 is 1.26 bits per heavy atom. The van der Waals surface area contributed by atoms with Crippen molar-refractivity contribution in [3.05, 3.63) is 47.1 Å². The van der Waals surface area contributed by atoms with Crippen LogP contribution in [0.15, 0.2) is 30.7 Å². The van der Waals surface area contributed by atoms with Gasteiger partial charge in [0.2, 0.25) is 15.9 Å². The molecule has 0 bridgehead atoms. The molecule has 1 aliphatic heterocycles. The molecule has 39 heavy (non-hydrogen) atoms. The molecular weight excluding hydrogens is 538 g/mol. The van der Waals surface area contributed by atoms with Gasteiger partial charge in [-0.15, -0.1) is 11.3 Å². The van der Waals surface area contributed by atoms with Crippen LogP contribution in [0.2, 0.25) is 0 Å². The number of likely N-dealkylation sites (tertiary alicyclic amines) is 1. The van der Waals surface area contributed by atoms with Crippen LogP contribution in [-0.4, -0.2) is 70.7 Å². The van der Waals surface area contributed by atoms with Gasteiger partial charge in [-0.25, -0.2) is 18.4 Å². The third-order valence-electron chi connectivity index (χ3n) is 7.12. The highest BCUT2D eigenvalue weighted by Crippen LogP contribution is 2.41. The summed E-state index contributed by atoms with van der Waals surface area (Å²) in [5, 5.41) is -0.184. The van der Waals surface area contributed by atoms with Crippen molar-refractivity contribution in [3.63, 3.8) is 0 Å². The molecule has 3 aromatic rings. The Hall–Kier alpha value is -3.16. The molecule has 208 valence electrons. The summed E-state index contributed by atoms with van der Waals surface area (Å²) >= 11 is 1.16. The highest BCUT2D eigenvalue weighted by atomic mass is 32.2. The van der Waals surface area contributed by atoms with Crippen LogP contribution in [-0.2, 0) is 10.0 Å². The average molecular weight is 572 g/mol. The minimum absolute atomic E-state index is 0.163. The van der Waals surface area contributed by atoms with Crippen LogP contribution in [0.1, 0.15) is 72.6 Å². The number of rotatable bonds is 11. The predicted octanol–water partition coefficient (Wildman–Crippen LogP) is 3.40. The number of nitrogens with zero attached hydrogens (tertiary/aromatic N) is 5. The van der Waals surface area contributed by atoms with Gasteiger partial charge in [0.1, 0.15) is 5.69 Å². The molecule has 1 aliphatic carbocycles. The van der Waals surface area contributed by atoms with Crippen molar-refractivity contribution in [2.45, 2.75) is 62.7 Å². The van der Waals surface area contributed by atoms with Gasteiger partial charge < -0.3 is 15.4 Å². The van der Waals surface area contributed by atoms with Gasteiger partial charge >= 0.3 is 0 Å². The van der Waals surface area contributed by atoms with Crippen LogP contribution in [0.3, 0.4) is 0 Å². The fraction of sp³-hybridized carbons (Fsp3) is 0.500. The minimum Gasteiger partial charge on any atom is -0.477 e. The van der Waals surface area contributed by atoms with E-state index >= 15 is 0 Å². The molecule has 5 rings (SSSR count). The zero-order valence-electron chi connectivity index (χ0n) is 22.0. The molecule has 0 spiro atoms. The number of amides is 1. The fourth-order valence-electron chi connectivity index (χ4n) is 4.95. The number of primary amides is 1. The second-order valence-electron chi connectivity index (χ2n) is 10.0. The van der Waals surface area contributed by atoms with Gasteiger partial charge in [-0.2, -0.15) is 0 Å². The fourth-order valence-corrected chi connectivity index (χ4v) is 7.26. The Balaban J connectivity index is 1.60. The second kappa shape index (κ2) is 11.5. The third kappa shape index (κ3) is 6.36. The molecule has 2 fully saturated rings. The number of hydrogen-bond acceptors (Lipinski definition) is 10. The van der Waals surface area contributed by atoms with Gasteiger partial charge in [0.05, 0.1) is 46.2 Å². The van der Waals surface area contributed by atoms with Gasteiger partial charge in [0.15, 0.2) is 5.01 Å². The number of pyridine rings is 1. The van der Waals surface area contributed by atoms with Crippen molar-refractivity contribution in [2.75, 3.05) is 24.9 Å². The van der Waals surface area contributed by atoms with E-state index in [9.17, 15) is 13.2 Å². The Bertz CT molecular complexity index is 1440. The zero-order chi connectivity index (χ0) is 27.6. The van der Waals surface area contributed by atoms with Crippen LogP contribution in [0, 0.1) is 0 Å². The Kier molecular flexibility index (Phi) is 8.10. The molecule has 0 radical (unpaired) electrons. The first kappa shape index (κ1) is 27.4. The summed E-state index contributed by atoms with van der Waals surface area (Å²) in [6.07, 6.45) is 10.0. The Morgan fingerprint density at radius 2 is 2.08 bits per heavy atom. The van der Waals surface area contributed by atoms with Gasteiger partial charge in [-0.1, -0.05) is 6.42 Å². The van der Waals surface area contributed by atoms with Crippen molar-refractivity contribution in [1.29, 1.82) is 0 Å². The van der Waals surface area contributed by atoms with E-state index in [1.165, 1.54) is 6.20 Å². The predicted molar refractivity (Wildman–Crippen MR) is 149 cm³/mol. The number of aromatic nitrogens is 4. The molecule has 13 heteroatoms. The second-order valence-corrected chi connectivity index (χ2v) is 13.0. The summed E-state index contributed by atoms with van der Waals surface area (Å²) in [7, 11) is -1.33. The topological polar surface area (TPSA) is 153 Å². The minimum atomic E-state index is -3.44. The molecule has 3 aromatic heterocycles. The van der Waals surface area contributed by atoms with Gasteiger partial charge in [-0.05, 0) is 64.8 Å². The van der Waals surface area contributed by atoms with Crippen LogP contribution in [0.4, 0.5) is 5.69 Å². The molecule has 3 N–H and O–H groups in total. The number of thiazole rings is 1. The molecule has 1 amide bonds. The molecule has 1 saturated carbocycles. The summed E-state index contributed by atoms with van der Waals surface area (Å²) in [5.41, 5.74) is 7.92. The Morgan fingerprint density at radius 3 is 2.79 bits per heavy atom. The van der Waals surface area contributed by atoms with E-state index in [4.69, 9.17) is 15.5 Å². The van der Waals surface area contributed by atoms with E-state index in [0.717, 1.165) is 37.1 Å². The van der Waals surface area contributed by atoms with Crippen molar-refractivity contribution >= 4 is 33.0 Å². The SMILES string of the molecule is CCOc1cncc(-c2sc(C(N)=O)nc2[C@H](C[C@@H]2CCCCN2C)c2cc(NS(=O)(=O)C3CC3)ccn2)n1. The first-order valence-electron chi connectivity index (χ1n) is 13.2. The van der Waals surface area contributed by atoms with E-state index < -0.39 is 15.9 Å². The monoisotopic (exact) mass is 571 g/mol. The number of nitrogens with two attached hydrogens (primary N) is 1. The lowest BCUT2D eigenvalue weighted by molar-refractivity contribution is 0.0999. The van der Waals surface area contributed by atoms with Crippen molar-refractivity contribution < 1.29 is 17.9 Å². The molecular formula is C26H33N7O4S2. The van der Waals surface area contributed by atoms with Gasteiger partial charge in [0.25, 0.3) is 5.91 Å².